The monoisotopic (exact) mass is 602 g/mol. The fourth-order valence-corrected chi connectivity index (χ4v) is 4.93. The molecule has 11 heteroatoms. The van der Waals surface area contributed by atoms with Gasteiger partial charge < -0.3 is 14.2 Å². The van der Waals surface area contributed by atoms with E-state index in [0.717, 1.165) is 17.7 Å². The second-order valence-corrected chi connectivity index (χ2v) is 11.0. The van der Waals surface area contributed by atoms with Crippen LogP contribution in [-0.4, -0.2) is 30.3 Å². The summed E-state index contributed by atoms with van der Waals surface area (Å²) in [7, 11) is 0. The summed E-state index contributed by atoms with van der Waals surface area (Å²) in [5, 5.41) is 0.359. The molecule has 1 aromatic heterocycles. The van der Waals surface area contributed by atoms with Crippen molar-refractivity contribution in [2.75, 3.05) is 6.61 Å². The lowest BCUT2D eigenvalue weighted by Crippen LogP contribution is -2.40. The van der Waals surface area contributed by atoms with Crippen LogP contribution in [0.25, 0.3) is 10.4 Å². The van der Waals surface area contributed by atoms with Crippen molar-refractivity contribution >= 4 is 46.3 Å². The lowest BCUT2D eigenvalue weighted by molar-refractivity contribution is -0.274. The number of unbranched alkanes of at least 4 members (excludes halogenated alkanes) is 1. The molecule has 0 atom stereocenters. The number of Topliss-reactive ketones (excluding diaryl/α,β-unsaturated/α-hetero) is 1. The minimum Gasteiger partial charge on any atom is -0.475 e. The molecule has 0 amide bonds. The number of alkyl halides is 3. The Morgan fingerprint density at radius 2 is 1.62 bits per heavy atom. The van der Waals surface area contributed by atoms with E-state index in [1.165, 1.54) is 35.6 Å². The predicted molar refractivity (Wildman–Crippen MR) is 146 cm³/mol. The Morgan fingerprint density at radius 1 is 0.923 bits per heavy atom. The quantitative estimate of drug-likeness (QED) is 0.118. The number of carbonyl (C=O) groups excluding carboxylic acids is 2. The number of carbonyl (C=O) groups is 2. The fraction of sp³-hybridized carbons (Fsp3) is 0.357. The van der Waals surface area contributed by atoms with Gasteiger partial charge in [0.15, 0.2) is 11.4 Å². The zero-order valence-corrected chi connectivity index (χ0v) is 23.8. The number of aryl methyl sites for hydroxylation is 1. The Hall–Kier alpha value is -2.75. The summed E-state index contributed by atoms with van der Waals surface area (Å²) in [4.78, 5) is 26.4. The van der Waals surface area contributed by atoms with E-state index >= 15 is 0 Å². The third-order valence-electron chi connectivity index (χ3n) is 5.59. The van der Waals surface area contributed by atoms with E-state index in [1.807, 2.05) is 6.92 Å². The summed E-state index contributed by atoms with van der Waals surface area (Å²) in [6, 6.07) is 12.2. The van der Waals surface area contributed by atoms with Gasteiger partial charge in [-0.2, -0.15) is 0 Å². The minimum atomic E-state index is -4.76. The Labute approximate surface area is 238 Å². The fourth-order valence-electron chi connectivity index (χ4n) is 3.48. The van der Waals surface area contributed by atoms with E-state index in [9.17, 15) is 22.8 Å². The van der Waals surface area contributed by atoms with Gasteiger partial charge in [0.05, 0.1) is 16.5 Å². The first-order valence-electron chi connectivity index (χ1n) is 12.1. The largest absolute Gasteiger partial charge is 0.573 e. The molecule has 1 heterocycles. The van der Waals surface area contributed by atoms with Crippen LogP contribution in [0.4, 0.5) is 13.2 Å². The third kappa shape index (κ3) is 8.62. The highest BCUT2D eigenvalue weighted by molar-refractivity contribution is 7.17. The lowest BCUT2D eigenvalue weighted by atomic mass is 10.1. The van der Waals surface area contributed by atoms with Crippen LogP contribution < -0.4 is 9.47 Å². The van der Waals surface area contributed by atoms with Gasteiger partial charge in [0.25, 0.3) is 0 Å². The molecule has 0 aliphatic carbocycles. The van der Waals surface area contributed by atoms with Gasteiger partial charge in [0.2, 0.25) is 0 Å². The van der Waals surface area contributed by atoms with Crippen molar-refractivity contribution in [1.29, 1.82) is 0 Å². The Balaban J connectivity index is 1.62. The van der Waals surface area contributed by atoms with Crippen molar-refractivity contribution in [3.63, 3.8) is 0 Å². The molecule has 210 valence electrons. The zero-order chi connectivity index (χ0) is 28.8. The Kier molecular flexibility index (Phi) is 10.3. The van der Waals surface area contributed by atoms with Gasteiger partial charge in [-0.3, -0.25) is 4.79 Å². The van der Waals surface area contributed by atoms with Crippen LogP contribution in [0, 0.1) is 0 Å². The second-order valence-electron chi connectivity index (χ2n) is 9.11. The van der Waals surface area contributed by atoms with Gasteiger partial charge in [-0.05, 0) is 80.3 Å². The van der Waals surface area contributed by atoms with Gasteiger partial charge in [-0.1, -0.05) is 42.6 Å². The van der Waals surface area contributed by atoms with Crippen molar-refractivity contribution in [2.45, 2.75) is 58.4 Å². The molecule has 0 radical (unpaired) electrons. The number of benzene rings is 2. The maximum atomic E-state index is 12.8. The molecule has 0 fully saturated rings. The van der Waals surface area contributed by atoms with Gasteiger partial charge in [-0.25, -0.2) is 4.79 Å². The molecule has 3 rings (SSSR count). The van der Waals surface area contributed by atoms with Crippen molar-refractivity contribution in [3.8, 4) is 21.9 Å². The molecule has 0 bridgehead atoms. The first-order chi connectivity index (χ1) is 18.3. The normalized spacial score (nSPS) is 11.8. The number of hydrogen-bond acceptors (Lipinski definition) is 6. The molecule has 0 N–H and O–H groups in total. The topological polar surface area (TPSA) is 61.8 Å². The molecular weight excluding hydrogens is 576 g/mol. The number of ketones is 1. The van der Waals surface area contributed by atoms with Gasteiger partial charge in [0, 0.05) is 11.3 Å². The molecule has 2 aromatic carbocycles. The number of thiophene rings is 1. The Morgan fingerprint density at radius 3 is 2.26 bits per heavy atom. The summed E-state index contributed by atoms with van der Waals surface area (Å²) in [6.07, 6.45) is -2.64. The van der Waals surface area contributed by atoms with Gasteiger partial charge >= 0.3 is 12.3 Å². The summed E-state index contributed by atoms with van der Waals surface area (Å²) in [6.45, 7) is 5.46. The minimum absolute atomic E-state index is 0.119. The number of esters is 1. The van der Waals surface area contributed by atoms with E-state index in [1.54, 1.807) is 38.1 Å². The molecule has 5 nitrogen and oxygen atoms in total. The molecule has 3 aromatic rings. The van der Waals surface area contributed by atoms with Crippen LogP contribution in [-0.2, 0) is 16.0 Å². The summed E-state index contributed by atoms with van der Waals surface area (Å²) in [5.41, 5.74) is 0.0275. The zero-order valence-electron chi connectivity index (χ0n) is 21.5. The van der Waals surface area contributed by atoms with E-state index < -0.39 is 17.9 Å². The van der Waals surface area contributed by atoms with Crippen molar-refractivity contribution < 1.29 is 37.0 Å². The molecule has 39 heavy (non-hydrogen) atoms. The van der Waals surface area contributed by atoms with Gasteiger partial charge in [0.1, 0.15) is 16.5 Å². The average molecular weight is 603 g/mol. The van der Waals surface area contributed by atoms with Crippen LogP contribution >= 0.6 is 34.5 Å². The van der Waals surface area contributed by atoms with E-state index in [4.69, 9.17) is 32.7 Å². The molecule has 0 saturated carbocycles. The maximum Gasteiger partial charge on any atom is 0.573 e. The molecule has 0 aliphatic rings. The number of hydrogen-bond donors (Lipinski definition) is 0. The first-order valence-corrected chi connectivity index (χ1v) is 13.7. The molecule has 0 spiro atoms. The standard InChI is InChI=1S/C28H27Cl2F3O5S/c1-4-5-16-36-26(35)27(2,3)38-21-13-9-18(24(29)25(21)30)8-12-20(34)23-15-14-22(39-23)17-6-10-19(11-7-17)37-28(31,32)33/h6-7,9-11,13-15H,4-5,8,12,16H2,1-3H3. The van der Waals surface area contributed by atoms with Crippen molar-refractivity contribution in [1.82, 2.24) is 0 Å². The lowest BCUT2D eigenvalue weighted by Gasteiger charge is -2.25. The summed E-state index contributed by atoms with van der Waals surface area (Å²) >= 11 is 14.1. The van der Waals surface area contributed by atoms with Crippen molar-refractivity contribution in [2.24, 2.45) is 0 Å². The molecule has 0 aliphatic heterocycles. The highest BCUT2D eigenvalue weighted by atomic mass is 35.5. The van der Waals surface area contributed by atoms with Crippen LogP contribution in [0.1, 0.15) is 55.3 Å². The van der Waals surface area contributed by atoms with Crippen molar-refractivity contribution in [3.05, 3.63) is 69.0 Å². The summed E-state index contributed by atoms with van der Waals surface area (Å²) in [5.74, 6) is -0.726. The molecular formula is C28H27Cl2F3O5S. The molecule has 0 saturated heterocycles. The van der Waals surface area contributed by atoms with Crippen LogP contribution in [0.2, 0.25) is 10.0 Å². The van der Waals surface area contributed by atoms with Gasteiger partial charge in [-0.15, -0.1) is 24.5 Å². The first kappa shape index (κ1) is 30.8. The third-order valence-corrected chi connectivity index (χ3v) is 7.67. The maximum absolute atomic E-state index is 12.8. The van der Waals surface area contributed by atoms with E-state index in [2.05, 4.69) is 4.74 Å². The van der Waals surface area contributed by atoms with E-state index in [0.29, 0.717) is 29.0 Å². The molecule has 0 unspecified atom stereocenters. The average Bonchev–Trinajstić information content (AvgIpc) is 3.36. The smallest absolute Gasteiger partial charge is 0.475 e. The predicted octanol–water partition coefficient (Wildman–Crippen LogP) is 8.94. The van der Waals surface area contributed by atoms with Crippen LogP contribution in [0.5, 0.6) is 11.5 Å². The van der Waals surface area contributed by atoms with Crippen LogP contribution in [0.3, 0.4) is 0 Å². The second kappa shape index (κ2) is 13.1. The highest BCUT2D eigenvalue weighted by Crippen LogP contribution is 2.38. The number of rotatable bonds is 12. The number of ether oxygens (including phenoxy) is 3. The SMILES string of the molecule is CCCCOC(=O)C(C)(C)Oc1ccc(CCC(=O)c2ccc(-c3ccc(OC(F)(F)F)cc3)s2)c(Cl)c1Cl. The highest BCUT2D eigenvalue weighted by Gasteiger charge is 2.33. The Bertz CT molecular complexity index is 1300. The number of halogens is 5. The van der Waals surface area contributed by atoms with E-state index in [-0.39, 0.29) is 33.7 Å². The van der Waals surface area contributed by atoms with Crippen LogP contribution in [0.15, 0.2) is 48.5 Å². The summed E-state index contributed by atoms with van der Waals surface area (Å²) < 4.78 is 52.0.